The molecule has 1 aliphatic rings. The van der Waals surface area contributed by atoms with Crippen molar-refractivity contribution in [1.82, 2.24) is 9.97 Å². The van der Waals surface area contributed by atoms with E-state index in [1.165, 1.54) is 19.3 Å². The highest BCUT2D eigenvalue weighted by atomic mass is 35.5. The Morgan fingerprint density at radius 3 is 2.74 bits per heavy atom. The molecule has 1 aliphatic heterocycles. The average molecular weight is 333 g/mol. The van der Waals surface area contributed by atoms with Crippen molar-refractivity contribution in [3.8, 4) is 5.75 Å². The highest BCUT2D eigenvalue weighted by Gasteiger charge is 2.14. The molecule has 0 atom stereocenters. The van der Waals surface area contributed by atoms with Gasteiger partial charge in [-0.25, -0.2) is 4.98 Å². The molecular weight excluding hydrogens is 312 g/mol. The molecule has 0 aliphatic carbocycles. The Morgan fingerprint density at radius 2 is 2.00 bits per heavy atom. The smallest absolute Gasteiger partial charge is 0.229 e. The van der Waals surface area contributed by atoms with Crippen LogP contribution >= 0.6 is 11.6 Å². The van der Waals surface area contributed by atoms with Gasteiger partial charge in [-0.3, -0.25) is 0 Å². The molecule has 1 fully saturated rings. The number of anilines is 3. The van der Waals surface area contributed by atoms with Crippen LogP contribution in [0.15, 0.2) is 24.4 Å². The maximum absolute atomic E-state index is 6.15. The van der Waals surface area contributed by atoms with Crippen molar-refractivity contribution in [3.05, 3.63) is 35.0 Å². The average Bonchev–Trinajstić information content (AvgIpc) is 2.59. The van der Waals surface area contributed by atoms with Crippen molar-refractivity contribution in [2.75, 3.05) is 30.4 Å². The molecule has 5 nitrogen and oxygen atoms in total. The Labute approximate surface area is 141 Å². The summed E-state index contributed by atoms with van der Waals surface area (Å²) in [5.41, 5.74) is 1.78. The molecule has 0 spiro atoms. The van der Waals surface area contributed by atoms with Gasteiger partial charge < -0.3 is 15.0 Å². The van der Waals surface area contributed by atoms with E-state index in [1.807, 2.05) is 19.1 Å². The van der Waals surface area contributed by atoms with Crippen LogP contribution in [0.2, 0.25) is 5.02 Å². The van der Waals surface area contributed by atoms with E-state index in [-0.39, 0.29) is 0 Å². The first-order valence-electron chi connectivity index (χ1n) is 7.86. The summed E-state index contributed by atoms with van der Waals surface area (Å²) in [6, 6.07) is 5.70. The zero-order valence-corrected chi connectivity index (χ0v) is 14.2. The zero-order chi connectivity index (χ0) is 16.2. The molecule has 122 valence electrons. The number of ether oxygens (including phenoxy) is 1. The van der Waals surface area contributed by atoms with Gasteiger partial charge in [0.25, 0.3) is 0 Å². The number of halogens is 1. The third-order valence-electron chi connectivity index (χ3n) is 4.05. The predicted molar refractivity (Wildman–Crippen MR) is 94.1 cm³/mol. The largest absolute Gasteiger partial charge is 0.495 e. The van der Waals surface area contributed by atoms with Gasteiger partial charge >= 0.3 is 0 Å². The molecule has 1 aromatic carbocycles. The van der Waals surface area contributed by atoms with Crippen LogP contribution in [0.4, 0.5) is 17.5 Å². The summed E-state index contributed by atoms with van der Waals surface area (Å²) in [6.07, 6.45) is 5.52. The number of nitrogens with one attached hydrogen (secondary N) is 1. The third kappa shape index (κ3) is 3.67. The van der Waals surface area contributed by atoms with E-state index < -0.39 is 0 Å². The summed E-state index contributed by atoms with van der Waals surface area (Å²) in [5, 5.41) is 3.91. The molecule has 0 saturated carbocycles. The number of methoxy groups -OCH3 is 1. The molecule has 0 radical (unpaired) electrons. The number of nitrogens with zero attached hydrogens (tertiary/aromatic N) is 3. The Morgan fingerprint density at radius 1 is 1.22 bits per heavy atom. The molecule has 1 saturated heterocycles. The minimum absolute atomic E-state index is 0.563. The maximum atomic E-state index is 6.15. The van der Waals surface area contributed by atoms with Crippen LogP contribution in [0.5, 0.6) is 5.75 Å². The molecule has 2 heterocycles. The zero-order valence-electron chi connectivity index (χ0n) is 13.5. The first kappa shape index (κ1) is 15.9. The van der Waals surface area contributed by atoms with Gasteiger partial charge in [0.2, 0.25) is 5.95 Å². The van der Waals surface area contributed by atoms with Crippen LogP contribution in [-0.4, -0.2) is 30.2 Å². The lowest BCUT2D eigenvalue weighted by molar-refractivity contribution is 0.416. The van der Waals surface area contributed by atoms with Crippen LogP contribution < -0.4 is 15.0 Å². The highest BCUT2D eigenvalue weighted by Crippen LogP contribution is 2.32. The molecule has 0 amide bonds. The lowest BCUT2D eigenvalue weighted by atomic mass is 10.1. The Kier molecular flexibility index (Phi) is 4.86. The van der Waals surface area contributed by atoms with Gasteiger partial charge in [0.05, 0.1) is 12.8 Å². The van der Waals surface area contributed by atoms with Crippen molar-refractivity contribution in [3.63, 3.8) is 0 Å². The summed E-state index contributed by atoms with van der Waals surface area (Å²) < 4.78 is 5.39. The minimum Gasteiger partial charge on any atom is -0.495 e. The van der Waals surface area contributed by atoms with E-state index in [2.05, 4.69) is 20.2 Å². The van der Waals surface area contributed by atoms with Crippen LogP contribution in [0.3, 0.4) is 0 Å². The van der Waals surface area contributed by atoms with E-state index in [1.54, 1.807) is 19.4 Å². The van der Waals surface area contributed by atoms with Gasteiger partial charge in [-0.15, -0.1) is 0 Å². The van der Waals surface area contributed by atoms with Gasteiger partial charge in [0.1, 0.15) is 11.6 Å². The minimum atomic E-state index is 0.563. The van der Waals surface area contributed by atoms with Crippen molar-refractivity contribution >= 4 is 29.1 Å². The summed E-state index contributed by atoms with van der Waals surface area (Å²) in [4.78, 5) is 11.3. The molecule has 6 heteroatoms. The van der Waals surface area contributed by atoms with Crippen LogP contribution in [-0.2, 0) is 0 Å². The molecule has 3 rings (SSSR count). The fourth-order valence-corrected chi connectivity index (χ4v) is 2.91. The normalized spacial score (nSPS) is 14.7. The molecule has 1 aromatic heterocycles. The van der Waals surface area contributed by atoms with E-state index in [0.717, 1.165) is 30.2 Å². The van der Waals surface area contributed by atoms with Gasteiger partial charge in [-0.2, -0.15) is 4.98 Å². The van der Waals surface area contributed by atoms with Crippen LogP contribution in [0.1, 0.15) is 24.8 Å². The first-order valence-corrected chi connectivity index (χ1v) is 8.24. The SMILES string of the molecule is COc1cc(Cl)c(C)cc1Nc1nccc(N2CCCCC2)n1. The van der Waals surface area contributed by atoms with E-state index in [0.29, 0.717) is 16.7 Å². The molecule has 1 N–H and O–H groups in total. The first-order chi connectivity index (χ1) is 11.2. The number of aryl methyl sites for hydroxylation is 1. The number of piperidine rings is 1. The monoisotopic (exact) mass is 332 g/mol. The number of hydrogen-bond acceptors (Lipinski definition) is 5. The summed E-state index contributed by atoms with van der Waals surface area (Å²) in [5.74, 6) is 2.20. The molecule has 23 heavy (non-hydrogen) atoms. The second kappa shape index (κ2) is 7.04. The van der Waals surface area contributed by atoms with Crippen molar-refractivity contribution in [2.45, 2.75) is 26.2 Å². The van der Waals surface area contributed by atoms with Crippen LogP contribution in [0, 0.1) is 6.92 Å². The molecule has 2 aromatic rings. The lowest BCUT2D eigenvalue weighted by Gasteiger charge is -2.27. The topological polar surface area (TPSA) is 50.3 Å². The van der Waals surface area contributed by atoms with Gasteiger partial charge in [0.15, 0.2) is 0 Å². The Bertz CT molecular complexity index is 686. The second-order valence-corrected chi connectivity index (χ2v) is 6.12. The third-order valence-corrected chi connectivity index (χ3v) is 4.46. The summed E-state index contributed by atoms with van der Waals surface area (Å²) in [6.45, 7) is 4.07. The van der Waals surface area contributed by atoms with Crippen molar-refractivity contribution in [1.29, 1.82) is 0 Å². The number of hydrogen-bond donors (Lipinski definition) is 1. The van der Waals surface area contributed by atoms with Crippen molar-refractivity contribution < 1.29 is 4.74 Å². The molecule has 0 unspecified atom stereocenters. The standard InChI is InChI=1S/C17H21ClN4O/c1-12-10-14(15(23-2)11-13(12)18)20-17-19-7-6-16(21-17)22-8-4-3-5-9-22/h6-7,10-11H,3-5,8-9H2,1-2H3,(H,19,20,21). The summed E-state index contributed by atoms with van der Waals surface area (Å²) >= 11 is 6.15. The van der Waals surface area contributed by atoms with Gasteiger partial charge in [-0.05, 0) is 43.9 Å². The van der Waals surface area contributed by atoms with Gasteiger partial charge in [0, 0.05) is 30.4 Å². The Hall–Kier alpha value is -2.01. The predicted octanol–water partition coefficient (Wildman–Crippen LogP) is 4.18. The van der Waals surface area contributed by atoms with Crippen molar-refractivity contribution in [2.24, 2.45) is 0 Å². The van der Waals surface area contributed by atoms with Crippen LogP contribution in [0.25, 0.3) is 0 Å². The molecule has 0 bridgehead atoms. The quantitative estimate of drug-likeness (QED) is 0.910. The fourth-order valence-electron chi connectivity index (χ4n) is 2.76. The molecular formula is C17H21ClN4O. The highest BCUT2D eigenvalue weighted by molar-refractivity contribution is 6.31. The Balaban J connectivity index is 1.84. The maximum Gasteiger partial charge on any atom is 0.229 e. The number of aromatic nitrogens is 2. The van der Waals surface area contributed by atoms with E-state index in [4.69, 9.17) is 16.3 Å². The fraction of sp³-hybridized carbons (Fsp3) is 0.412. The second-order valence-electron chi connectivity index (χ2n) is 5.71. The number of benzene rings is 1. The summed E-state index contributed by atoms with van der Waals surface area (Å²) in [7, 11) is 1.62. The van der Waals surface area contributed by atoms with Gasteiger partial charge in [-0.1, -0.05) is 11.6 Å². The van der Waals surface area contributed by atoms with E-state index in [9.17, 15) is 0 Å². The van der Waals surface area contributed by atoms with E-state index >= 15 is 0 Å². The number of rotatable bonds is 4. The lowest BCUT2D eigenvalue weighted by Crippen LogP contribution is -2.30.